The molecule has 1 aliphatic heterocycles. The van der Waals surface area contributed by atoms with Crippen molar-refractivity contribution >= 4 is 17.2 Å². The number of hydrogen-bond donors (Lipinski definition) is 1. The minimum absolute atomic E-state index is 0.0446. The molecule has 1 aromatic heterocycles. The molecule has 0 aliphatic carbocycles. The number of likely N-dealkylation sites (tertiary alicyclic amines) is 1. The van der Waals surface area contributed by atoms with E-state index in [-0.39, 0.29) is 23.7 Å². The highest BCUT2D eigenvalue weighted by atomic mass is 32.1. The van der Waals surface area contributed by atoms with Gasteiger partial charge in [-0.1, -0.05) is 42.5 Å². The molecule has 3 aromatic rings. The number of rotatable bonds is 4. The molecule has 2 heterocycles. The minimum atomic E-state index is -0.772. The molecule has 1 N–H and O–H groups in total. The van der Waals surface area contributed by atoms with Crippen molar-refractivity contribution in [1.29, 1.82) is 0 Å². The number of likely N-dealkylation sites (N-methyl/N-ethyl adjacent to an activating group) is 1. The lowest BCUT2D eigenvalue weighted by Gasteiger charge is -2.29. The smallest absolute Gasteiger partial charge is 0.223 e. The molecule has 1 amide bonds. The Kier molecular flexibility index (Phi) is 4.81. The van der Waals surface area contributed by atoms with Crippen LogP contribution in [0.4, 0.5) is 4.39 Å². The highest BCUT2D eigenvalue weighted by Crippen LogP contribution is 2.42. The van der Waals surface area contributed by atoms with Crippen LogP contribution in [0.3, 0.4) is 0 Å². The molecule has 5 heteroatoms. The number of nitrogens with zero attached hydrogens (tertiary/aromatic N) is 1. The van der Waals surface area contributed by atoms with Crippen LogP contribution in [0.5, 0.6) is 0 Å². The second-order valence-corrected chi connectivity index (χ2v) is 7.99. The minimum Gasteiger partial charge on any atom is -0.385 e. The lowest BCUT2D eigenvalue weighted by molar-refractivity contribution is -0.128. The Morgan fingerprint density at radius 3 is 2.48 bits per heavy atom. The Morgan fingerprint density at radius 2 is 1.78 bits per heavy atom. The average molecular weight is 381 g/mol. The molecule has 0 bridgehead atoms. The summed E-state index contributed by atoms with van der Waals surface area (Å²) in [4.78, 5) is 15.8. The van der Waals surface area contributed by atoms with Crippen molar-refractivity contribution < 1.29 is 14.3 Å². The zero-order chi connectivity index (χ0) is 19.0. The maximum absolute atomic E-state index is 13.2. The SMILES string of the molecule is CN1C(=O)C[C@H](c2ccccc2)[C@@H]1[C@H](O)c1ccc(-c2ccc(F)cc2)s1. The molecule has 3 nitrogen and oxygen atoms in total. The summed E-state index contributed by atoms with van der Waals surface area (Å²) in [6.07, 6.45) is -0.371. The Labute approximate surface area is 161 Å². The standard InChI is InChI=1S/C22H20FNO2S/c1-24-20(25)13-17(14-5-3-2-4-6-14)21(24)22(26)19-12-11-18(27-19)15-7-9-16(23)10-8-15/h2-12,17,21-22,26H,13H2,1H3/t17-,21-,22-/m1/s1. The molecule has 1 fully saturated rings. The Hall–Kier alpha value is -2.50. The number of halogens is 1. The van der Waals surface area contributed by atoms with Gasteiger partial charge >= 0.3 is 0 Å². The Bertz CT molecular complexity index is 938. The average Bonchev–Trinajstić information content (AvgIpc) is 3.28. The van der Waals surface area contributed by atoms with E-state index in [1.54, 1.807) is 24.1 Å². The zero-order valence-corrected chi connectivity index (χ0v) is 15.7. The van der Waals surface area contributed by atoms with Gasteiger partial charge in [0.1, 0.15) is 11.9 Å². The molecule has 2 aromatic carbocycles. The summed E-state index contributed by atoms with van der Waals surface area (Å²) in [5, 5.41) is 11.1. The fourth-order valence-corrected chi connectivity index (χ4v) is 4.83. The van der Waals surface area contributed by atoms with E-state index in [2.05, 4.69) is 0 Å². The summed E-state index contributed by atoms with van der Waals surface area (Å²) < 4.78 is 13.2. The third kappa shape index (κ3) is 3.40. The lowest BCUT2D eigenvalue weighted by atomic mass is 9.88. The van der Waals surface area contributed by atoms with E-state index in [0.717, 1.165) is 20.9 Å². The van der Waals surface area contributed by atoms with Crippen LogP contribution >= 0.6 is 11.3 Å². The Morgan fingerprint density at radius 1 is 1.07 bits per heavy atom. The molecule has 3 atom stereocenters. The van der Waals surface area contributed by atoms with Crippen LogP contribution in [-0.2, 0) is 4.79 Å². The number of amides is 1. The summed E-state index contributed by atoms with van der Waals surface area (Å²) in [5.41, 5.74) is 1.98. The van der Waals surface area contributed by atoms with E-state index in [4.69, 9.17) is 0 Å². The van der Waals surface area contributed by atoms with Gasteiger partial charge in [-0.25, -0.2) is 4.39 Å². The molecule has 0 spiro atoms. The number of benzene rings is 2. The molecular weight excluding hydrogens is 361 g/mol. The molecular formula is C22H20FNO2S. The number of carbonyl (C=O) groups excluding carboxylic acids is 1. The summed E-state index contributed by atoms with van der Waals surface area (Å²) in [6.45, 7) is 0. The fraction of sp³-hybridized carbons (Fsp3) is 0.227. The quantitative estimate of drug-likeness (QED) is 0.717. The molecule has 0 saturated carbocycles. The van der Waals surface area contributed by atoms with Gasteiger partial charge in [-0.15, -0.1) is 11.3 Å². The first-order chi connectivity index (χ1) is 13.0. The van der Waals surface area contributed by atoms with E-state index >= 15 is 0 Å². The molecule has 4 rings (SSSR count). The van der Waals surface area contributed by atoms with Crippen LogP contribution in [0.2, 0.25) is 0 Å². The normalized spacial score (nSPS) is 20.9. The van der Waals surface area contributed by atoms with E-state index in [1.807, 2.05) is 42.5 Å². The van der Waals surface area contributed by atoms with Crippen LogP contribution in [-0.4, -0.2) is 29.0 Å². The lowest BCUT2D eigenvalue weighted by Crippen LogP contribution is -2.36. The van der Waals surface area contributed by atoms with Gasteiger partial charge in [0.25, 0.3) is 0 Å². The van der Waals surface area contributed by atoms with Crippen LogP contribution < -0.4 is 0 Å². The Balaban J connectivity index is 1.63. The van der Waals surface area contributed by atoms with Crippen molar-refractivity contribution in [2.45, 2.75) is 24.5 Å². The third-order valence-corrected chi connectivity index (χ3v) is 6.45. The third-order valence-electron chi connectivity index (χ3n) is 5.25. The van der Waals surface area contributed by atoms with Crippen LogP contribution in [0, 0.1) is 5.82 Å². The van der Waals surface area contributed by atoms with Gasteiger partial charge in [-0.2, -0.15) is 0 Å². The maximum Gasteiger partial charge on any atom is 0.223 e. The van der Waals surface area contributed by atoms with Crippen molar-refractivity contribution in [2.75, 3.05) is 7.05 Å². The largest absolute Gasteiger partial charge is 0.385 e. The first-order valence-corrected chi connectivity index (χ1v) is 9.70. The second-order valence-electron chi connectivity index (χ2n) is 6.87. The summed E-state index contributed by atoms with van der Waals surface area (Å²) in [6, 6.07) is 19.7. The van der Waals surface area contributed by atoms with Gasteiger partial charge in [-0.3, -0.25) is 4.79 Å². The molecule has 138 valence electrons. The van der Waals surface area contributed by atoms with Gasteiger partial charge in [0, 0.05) is 29.1 Å². The highest BCUT2D eigenvalue weighted by molar-refractivity contribution is 7.15. The zero-order valence-electron chi connectivity index (χ0n) is 14.9. The fourth-order valence-electron chi connectivity index (χ4n) is 3.79. The maximum atomic E-state index is 13.2. The topological polar surface area (TPSA) is 40.5 Å². The predicted molar refractivity (Wildman–Crippen MR) is 105 cm³/mol. The van der Waals surface area contributed by atoms with Gasteiger partial charge in [0.15, 0.2) is 0 Å². The number of hydrogen-bond acceptors (Lipinski definition) is 3. The van der Waals surface area contributed by atoms with Crippen LogP contribution in [0.15, 0.2) is 66.7 Å². The van der Waals surface area contributed by atoms with Crippen molar-refractivity contribution in [1.82, 2.24) is 4.90 Å². The van der Waals surface area contributed by atoms with E-state index in [9.17, 15) is 14.3 Å². The molecule has 0 unspecified atom stereocenters. The van der Waals surface area contributed by atoms with Crippen LogP contribution in [0.25, 0.3) is 10.4 Å². The highest BCUT2D eigenvalue weighted by Gasteiger charge is 2.43. The first kappa shape index (κ1) is 17.9. The van der Waals surface area contributed by atoms with Gasteiger partial charge in [-0.05, 0) is 35.4 Å². The molecule has 0 radical (unpaired) electrons. The van der Waals surface area contributed by atoms with E-state index in [0.29, 0.717) is 6.42 Å². The molecule has 1 aliphatic rings. The molecule has 1 saturated heterocycles. The molecule has 27 heavy (non-hydrogen) atoms. The van der Waals surface area contributed by atoms with Gasteiger partial charge in [0.05, 0.1) is 6.04 Å². The number of thiophene rings is 1. The predicted octanol–water partition coefficient (Wildman–Crippen LogP) is 4.60. The van der Waals surface area contributed by atoms with Crippen LogP contribution in [0.1, 0.15) is 28.9 Å². The van der Waals surface area contributed by atoms with Crippen molar-refractivity contribution in [3.05, 3.63) is 83.0 Å². The number of aliphatic hydroxyl groups excluding tert-OH is 1. The van der Waals surface area contributed by atoms with Crippen molar-refractivity contribution in [2.24, 2.45) is 0 Å². The van der Waals surface area contributed by atoms with Gasteiger partial charge in [0.2, 0.25) is 5.91 Å². The van der Waals surface area contributed by atoms with E-state index < -0.39 is 6.10 Å². The van der Waals surface area contributed by atoms with Gasteiger partial charge < -0.3 is 10.0 Å². The summed E-state index contributed by atoms with van der Waals surface area (Å²) >= 11 is 1.48. The van der Waals surface area contributed by atoms with Crippen molar-refractivity contribution in [3.63, 3.8) is 0 Å². The summed E-state index contributed by atoms with van der Waals surface area (Å²) in [7, 11) is 1.76. The van der Waals surface area contributed by atoms with Crippen molar-refractivity contribution in [3.8, 4) is 10.4 Å². The number of aliphatic hydroxyl groups is 1. The number of carbonyl (C=O) groups is 1. The monoisotopic (exact) mass is 381 g/mol. The van der Waals surface area contributed by atoms with E-state index in [1.165, 1.54) is 23.5 Å². The second kappa shape index (κ2) is 7.25. The first-order valence-electron chi connectivity index (χ1n) is 8.89. The summed E-state index contributed by atoms with van der Waals surface area (Å²) in [5.74, 6) is -0.273.